The second-order valence-corrected chi connectivity index (χ2v) is 15.1. The van der Waals surface area contributed by atoms with Gasteiger partial charge < -0.3 is 9.47 Å². The second-order valence-electron chi connectivity index (χ2n) is 15.1. The van der Waals surface area contributed by atoms with Gasteiger partial charge >= 0.3 is 0 Å². The van der Waals surface area contributed by atoms with Crippen LogP contribution < -0.4 is 4.90 Å². The zero-order valence-electron chi connectivity index (χ0n) is 31.1. The van der Waals surface area contributed by atoms with Gasteiger partial charge in [0.05, 0.1) is 12.1 Å². The molecule has 5 aromatic carbocycles. The van der Waals surface area contributed by atoms with Crippen LogP contribution in [0.2, 0.25) is 0 Å². The number of rotatable bonds is 8. The number of aromatic nitrogens is 1. The molecule has 0 radical (unpaired) electrons. The fraction of sp³-hybridized carbons (Fsp3) is 0.154. The number of benzene rings is 5. The molecule has 0 aliphatic heterocycles. The summed E-state index contributed by atoms with van der Waals surface area (Å²) in [6, 6.07) is 45.0. The van der Waals surface area contributed by atoms with E-state index in [4.69, 9.17) is 0 Å². The Balaban J connectivity index is 1.18. The van der Waals surface area contributed by atoms with Gasteiger partial charge in [0.1, 0.15) is 0 Å². The van der Waals surface area contributed by atoms with Gasteiger partial charge in [0, 0.05) is 39.1 Å². The molecule has 0 bridgehead atoms. The van der Waals surface area contributed by atoms with E-state index < -0.39 is 0 Å². The van der Waals surface area contributed by atoms with Crippen molar-refractivity contribution in [3.63, 3.8) is 0 Å². The molecule has 6 aromatic rings. The van der Waals surface area contributed by atoms with Gasteiger partial charge in [0.25, 0.3) is 0 Å². The fourth-order valence-electron chi connectivity index (χ4n) is 8.77. The summed E-state index contributed by atoms with van der Waals surface area (Å²) in [5.41, 5.74) is 12.5. The van der Waals surface area contributed by atoms with Gasteiger partial charge in [-0.3, -0.25) is 0 Å². The van der Waals surface area contributed by atoms with E-state index in [1.54, 1.807) is 0 Å². The summed E-state index contributed by atoms with van der Waals surface area (Å²) in [7, 11) is 0. The lowest BCUT2D eigenvalue weighted by atomic mass is 9.83. The molecule has 264 valence electrons. The highest BCUT2D eigenvalue weighted by molar-refractivity contribution is 6.10. The number of hydrogen-bond acceptors (Lipinski definition) is 1. The van der Waals surface area contributed by atoms with E-state index in [9.17, 15) is 0 Å². The molecule has 3 aliphatic rings. The zero-order valence-corrected chi connectivity index (χ0v) is 31.1. The Morgan fingerprint density at radius 1 is 0.648 bits per heavy atom. The molecule has 0 amide bonds. The van der Waals surface area contributed by atoms with Crippen molar-refractivity contribution in [3.05, 3.63) is 211 Å². The van der Waals surface area contributed by atoms with Crippen LogP contribution in [0.1, 0.15) is 48.9 Å². The molecule has 0 fully saturated rings. The van der Waals surface area contributed by atoms with Crippen LogP contribution >= 0.6 is 0 Å². The first kappa shape index (κ1) is 33.7. The lowest BCUT2D eigenvalue weighted by Gasteiger charge is -2.37. The standard InChI is InChI=1S/C52H46N2/c1-4-38-19-21-41(22-20-38)43-25-31-51-48(34-43)49-35-46(29-32-52(49)54(51)50-18-12-11-13-36(50)2)53(44-26-23-40(24-27-44)39-14-7-5-8-15-39)45-28-30-47(37(3)33-45)42-16-9-6-10-17-42/h4-26,28-37,44,47,50H,1,27H2,2-3H3. The first-order valence-corrected chi connectivity index (χ1v) is 19.4. The smallest absolute Gasteiger partial charge is 0.0585 e. The average molecular weight is 699 g/mol. The van der Waals surface area contributed by atoms with Crippen molar-refractivity contribution < 1.29 is 0 Å². The van der Waals surface area contributed by atoms with Crippen molar-refractivity contribution in [1.82, 2.24) is 4.57 Å². The SMILES string of the molecule is C=Cc1ccc(-c2ccc3c(c2)c2cc(N(C4=CC(C)C(c5ccccc5)C=C4)C4C=CC(c5ccccc5)=CC4)ccc2n3C2C=CC=CC2C)cc1. The Labute approximate surface area is 319 Å². The van der Waals surface area contributed by atoms with E-state index in [1.807, 2.05) is 6.08 Å². The highest BCUT2D eigenvalue weighted by atomic mass is 15.2. The van der Waals surface area contributed by atoms with Crippen molar-refractivity contribution in [2.45, 2.75) is 38.3 Å². The maximum Gasteiger partial charge on any atom is 0.0585 e. The van der Waals surface area contributed by atoms with Crippen LogP contribution in [0.5, 0.6) is 0 Å². The molecule has 0 spiro atoms. The fourth-order valence-corrected chi connectivity index (χ4v) is 8.77. The number of fused-ring (bicyclic) bond motifs is 3. The van der Waals surface area contributed by atoms with Crippen LogP contribution in [0.25, 0.3) is 44.6 Å². The van der Waals surface area contributed by atoms with Crippen LogP contribution in [-0.2, 0) is 0 Å². The molecule has 9 rings (SSSR count). The van der Waals surface area contributed by atoms with E-state index >= 15 is 0 Å². The lowest BCUT2D eigenvalue weighted by molar-refractivity contribution is 0.510. The number of hydrogen-bond donors (Lipinski definition) is 0. The van der Waals surface area contributed by atoms with Gasteiger partial charge in [0.15, 0.2) is 0 Å². The van der Waals surface area contributed by atoms with Gasteiger partial charge in [-0.1, -0.05) is 172 Å². The maximum atomic E-state index is 3.96. The third kappa shape index (κ3) is 6.22. The quantitative estimate of drug-likeness (QED) is 0.154. The molecule has 0 N–H and O–H groups in total. The van der Waals surface area contributed by atoms with Crippen molar-refractivity contribution in [2.75, 3.05) is 4.90 Å². The van der Waals surface area contributed by atoms with Crippen molar-refractivity contribution in [3.8, 4) is 11.1 Å². The predicted octanol–water partition coefficient (Wildman–Crippen LogP) is 13.5. The third-order valence-electron chi connectivity index (χ3n) is 11.7. The minimum absolute atomic E-state index is 0.171. The van der Waals surface area contributed by atoms with Crippen LogP contribution in [-0.4, -0.2) is 10.6 Å². The van der Waals surface area contributed by atoms with Gasteiger partial charge in [-0.2, -0.15) is 0 Å². The zero-order chi connectivity index (χ0) is 36.6. The largest absolute Gasteiger partial charge is 0.334 e. The molecule has 1 aromatic heterocycles. The number of nitrogens with zero attached hydrogens (tertiary/aromatic N) is 2. The summed E-state index contributed by atoms with van der Waals surface area (Å²) in [4.78, 5) is 2.58. The summed E-state index contributed by atoms with van der Waals surface area (Å²) in [5, 5.41) is 2.56. The summed E-state index contributed by atoms with van der Waals surface area (Å²) >= 11 is 0. The molecule has 2 heteroatoms. The van der Waals surface area contributed by atoms with Crippen molar-refractivity contribution in [2.24, 2.45) is 11.8 Å². The third-order valence-corrected chi connectivity index (χ3v) is 11.7. The molecule has 0 saturated carbocycles. The minimum atomic E-state index is 0.171. The first-order valence-electron chi connectivity index (χ1n) is 19.4. The Kier molecular flexibility index (Phi) is 8.97. The Bertz CT molecular complexity index is 2520. The van der Waals surface area contributed by atoms with Crippen LogP contribution in [0.15, 0.2) is 194 Å². The highest BCUT2D eigenvalue weighted by Gasteiger charge is 2.28. The topological polar surface area (TPSA) is 8.17 Å². The average Bonchev–Trinajstić information content (AvgIpc) is 3.55. The second kappa shape index (κ2) is 14.4. The van der Waals surface area contributed by atoms with Gasteiger partial charge in [-0.05, 0) is 88.1 Å². The van der Waals surface area contributed by atoms with E-state index in [2.05, 4.69) is 212 Å². The van der Waals surface area contributed by atoms with E-state index in [1.165, 1.54) is 61.0 Å². The van der Waals surface area contributed by atoms with E-state index in [-0.39, 0.29) is 12.1 Å². The molecular weight excluding hydrogens is 653 g/mol. The minimum Gasteiger partial charge on any atom is -0.334 e. The molecule has 2 nitrogen and oxygen atoms in total. The van der Waals surface area contributed by atoms with E-state index in [0.717, 1.165) is 12.0 Å². The molecule has 1 heterocycles. The van der Waals surface area contributed by atoms with Crippen molar-refractivity contribution >= 4 is 39.1 Å². The van der Waals surface area contributed by atoms with Crippen LogP contribution in [0, 0.1) is 11.8 Å². The monoisotopic (exact) mass is 698 g/mol. The number of allylic oxidation sites excluding steroid dienone is 9. The van der Waals surface area contributed by atoms with Gasteiger partial charge in [0.2, 0.25) is 0 Å². The van der Waals surface area contributed by atoms with Crippen LogP contribution in [0.3, 0.4) is 0 Å². The summed E-state index contributed by atoms with van der Waals surface area (Å²) < 4.78 is 2.57. The van der Waals surface area contributed by atoms with Crippen molar-refractivity contribution in [1.29, 1.82) is 0 Å². The van der Waals surface area contributed by atoms with Crippen LogP contribution in [0.4, 0.5) is 5.69 Å². The Hall–Kier alpha value is -6.12. The molecule has 5 atom stereocenters. The normalized spacial score (nSPS) is 22.0. The Morgan fingerprint density at radius 3 is 2.06 bits per heavy atom. The lowest BCUT2D eigenvalue weighted by Crippen LogP contribution is -2.34. The summed E-state index contributed by atoms with van der Waals surface area (Å²) in [5.74, 6) is 1.08. The van der Waals surface area contributed by atoms with Gasteiger partial charge in [-0.25, -0.2) is 0 Å². The first-order chi connectivity index (χ1) is 26.6. The molecule has 3 aliphatic carbocycles. The van der Waals surface area contributed by atoms with E-state index in [0.29, 0.717) is 17.8 Å². The maximum absolute atomic E-state index is 3.96. The summed E-state index contributed by atoms with van der Waals surface area (Å²) in [6.07, 6.45) is 26.3. The van der Waals surface area contributed by atoms with Gasteiger partial charge in [-0.15, -0.1) is 0 Å². The molecular formula is C52H46N2. The highest BCUT2D eigenvalue weighted by Crippen LogP contribution is 2.42. The Morgan fingerprint density at radius 2 is 1.35 bits per heavy atom. The number of anilines is 1. The molecule has 54 heavy (non-hydrogen) atoms. The molecule has 0 saturated heterocycles. The summed E-state index contributed by atoms with van der Waals surface area (Å²) in [6.45, 7) is 8.64. The molecule has 5 unspecified atom stereocenters. The predicted molar refractivity (Wildman–Crippen MR) is 231 cm³/mol.